The van der Waals surface area contributed by atoms with Crippen LogP contribution in [0.2, 0.25) is 0 Å². The second-order valence-electron chi connectivity index (χ2n) is 7.82. The van der Waals surface area contributed by atoms with E-state index < -0.39 is 16.1 Å². The molecular formula is C26H25N3O4S. The number of carbonyl (C=O) groups excluding carboxylic acids is 1. The second kappa shape index (κ2) is 9.52. The Hall–Kier alpha value is -3.91. The maximum absolute atomic E-state index is 12.9. The molecule has 0 radical (unpaired) electrons. The molecule has 0 fully saturated rings. The number of amides is 1. The van der Waals surface area contributed by atoms with Crippen molar-refractivity contribution in [2.75, 3.05) is 6.61 Å². The number of hydrogen-bond acceptors (Lipinski definition) is 5. The third-order valence-electron chi connectivity index (χ3n) is 5.24. The molecule has 0 bridgehead atoms. The number of aromatic nitrogens is 2. The number of nitrogens with zero attached hydrogens (tertiary/aromatic N) is 2. The number of benzene rings is 3. The highest BCUT2D eigenvalue weighted by Gasteiger charge is 2.23. The van der Waals surface area contributed by atoms with Gasteiger partial charge in [0, 0.05) is 11.1 Å². The van der Waals surface area contributed by atoms with Crippen molar-refractivity contribution in [3.8, 4) is 28.1 Å². The summed E-state index contributed by atoms with van der Waals surface area (Å²) in [7, 11) is -4.12. The zero-order valence-corrected chi connectivity index (χ0v) is 20.0. The molecular weight excluding hydrogens is 450 g/mol. The SMILES string of the molecule is CCOC(=O)NS(=O)(=O)c1ccc(C)cc1-c1ccc(-n2nc(C)cc2-c2ccccc2)cc1. The second-order valence-corrected chi connectivity index (χ2v) is 9.47. The Balaban J connectivity index is 1.73. The number of sulfonamides is 1. The first-order valence-electron chi connectivity index (χ1n) is 10.8. The number of aryl methyl sites for hydroxylation is 2. The molecule has 1 N–H and O–H groups in total. The van der Waals surface area contributed by atoms with Crippen LogP contribution in [0, 0.1) is 13.8 Å². The molecule has 0 saturated carbocycles. The van der Waals surface area contributed by atoms with Crippen molar-refractivity contribution in [2.45, 2.75) is 25.7 Å². The summed E-state index contributed by atoms with van der Waals surface area (Å²) in [6.45, 7) is 5.50. The van der Waals surface area contributed by atoms with Gasteiger partial charge in [-0.05, 0) is 50.6 Å². The Kier molecular flexibility index (Phi) is 6.51. The lowest BCUT2D eigenvalue weighted by molar-refractivity contribution is 0.158. The highest BCUT2D eigenvalue weighted by molar-refractivity contribution is 7.90. The van der Waals surface area contributed by atoms with Crippen LogP contribution in [0.4, 0.5) is 4.79 Å². The van der Waals surface area contributed by atoms with E-state index in [9.17, 15) is 13.2 Å². The van der Waals surface area contributed by atoms with Gasteiger partial charge in [0.2, 0.25) is 0 Å². The molecule has 1 aromatic heterocycles. The monoisotopic (exact) mass is 475 g/mol. The zero-order valence-electron chi connectivity index (χ0n) is 19.1. The zero-order chi connectivity index (χ0) is 24.3. The molecule has 34 heavy (non-hydrogen) atoms. The quantitative estimate of drug-likeness (QED) is 0.411. The van der Waals surface area contributed by atoms with E-state index >= 15 is 0 Å². The fourth-order valence-corrected chi connectivity index (χ4v) is 4.82. The topological polar surface area (TPSA) is 90.3 Å². The van der Waals surface area contributed by atoms with Crippen LogP contribution in [-0.4, -0.2) is 30.9 Å². The van der Waals surface area contributed by atoms with Gasteiger partial charge in [-0.1, -0.05) is 60.2 Å². The molecule has 0 saturated heterocycles. The third-order valence-corrected chi connectivity index (χ3v) is 6.61. The van der Waals surface area contributed by atoms with Crippen molar-refractivity contribution < 1.29 is 17.9 Å². The van der Waals surface area contributed by atoms with Crippen LogP contribution in [-0.2, 0) is 14.8 Å². The summed E-state index contributed by atoms with van der Waals surface area (Å²) in [5.41, 5.74) is 5.82. The normalized spacial score (nSPS) is 11.3. The van der Waals surface area contributed by atoms with Crippen LogP contribution in [0.5, 0.6) is 0 Å². The van der Waals surface area contributed by atoms with Crippen molar-refractivity contribution in [2.24, 2.45) is 0 Å². The van der Waals surface area contributed by atoms with Gasteiger partial charge in [-0.2, -0.15) is 5.10 Å². The van der Waals surface area contributed by atoms with E-state index in [1.165, 1.54) is 6.07 Å². The molecule has 3 aromatic carbocycles. The van der Waals surface area contributed by atoms with Crippen LogP contribution < -0.4 is 4.72 Å². The molecule has 0 atom stereocenters. The Labute approximate surface area is 199 Å². The van der Waals surface area contributed by atoms with E-state index in [-0.39, 0.29) is 11.5 Å². The summed E-state index contributed by atoms with van der Waals surface area (Å²) in [6, 6.07) is 24.5. The van der Waals surface area contributed by atoms with Gasteiger partial charge in [-0.25, -0.2) is 22.6 Å². The van der Waals surface area contributed by atoms with Gasteiger partial charge in [-0.3, -0.25) is 0 Å². The van der Waals surface area contributed by atoms with Crippen molar-refractivity contribution >= 4 is 16.1 Å². The van der Waals surface area contributed by atoms with E-state index in [0.717, 1.165) is 28.2 Å². The van der Waals surface area contributed by atoms with Crippen LogP contribution in [0.25, 0.3) is 28.1 Å². The molecule has 0 aliphatic heterocycles. The lowest BCUT2D eigenvalue weighted by atomic mass is 10.0. The van der Waals surface area contributed by atoms with Crippen LogP contribution >= 0.6 is 0 Å². The van der Waals surface area contributed by atoms with Gasteiger partial charge in [0.05, 0.1) is 28.6 Å². The number of carbonyl (C=O) groups is 1. The first-order chi connectivity index (χ1) is 16.3. The van der Waals surface area contributed by atoms with Gasteiger partial charge in [0.1, 0.15) is 0 Å². The predicted molar refractivity (Wildman–Crippen MR) is 131 cm³/mol. The van der Waals surface area contributed by atoms with E-state index in [0.29, 0.717) is 11.1 Å². The number of rotatable bonds is 6. The molecule has 1 amide bonds. The minimum Gasteiger partial charge on any atom is -0.449 e. The highest BCUT2D eigenvalue weighted by atomic mass is 32.2. The first-order valence-corrected chi connectivity index (χ1v) is 12.3. The number of nitrogens with one attached hydrogen (secondary N) is 1. The average molecular weight is 476 g/mol. The molecule has 174 valence electrons. The van der Waals surface area contributed by atoms with Crippen molar-refractivity contribution in [3.63, 3.8) is 0 Å². The molecule has 0 aliphatic carbocycles. The first kappa shape index (κ1) is 23.3. The molecule has 7 nitrogen and oxygen atoms in total. The lowest BCUT2D eigenvalue weighted by Crippen LogP contribution is -2.31. The largest absolute Gasteiger partial charge is 0.449 e. The molecule has 0 unspecified atom stereocenters. The Bertz CT molecular complexity index is 1430. The van der Waals surface area contributed by atoms with Crippen molar-refractivity contribution in [1.29, 1.82) is 0 Å². The minimum absolute atomic E-state index is 0.00110. The standard InChI is InChI=1S/C26H25N3O4S/c1-4-33-26(30)28-34(31,32)25-15-10-18(2)16-23(25)20-11-13-22(14-12-20)29-24(17-19(3)27-29)21-8-6-5-7-9-21/h5-17H,4H2,1-3H3,(H,28,30). The number of ether oxygens (including phenoxy) is 1. The van der Waals surface area contributed by atoms with Gasteiger partial charge in [-0.15, -0.1) is 0 Å². The maximum Gasteiger partial charge on any atom is 0.421 e. The average Bonchev–Trinajstić information content (AvgIpc) is 3.21. The van der Waals surface area contributed by atoms with Crippen molar-refractivity contribution in [3.05, 3.63) is 90.1 Å². The van der Waals surface area contributed by atoms with Crippen molar-refractivity contribution in [1.82, 2.24) is 14.5 Å². The van der Waals surface area contributed by atoms with Gasteiger partial charge < -0.3 is 4.74 Å². The Morgan fingerprint density at radius 1 is 0.941 bits per heavy atom. The van der Waals surface area contributed by atoms with E-state index in [1.807, 2.05) is 83.9 Å². The molecule has 4 rings (SSSR count). The van der Waals surface area contributed by atoms with Gasteiger partial charge in [0.15, 0.2) is 0 Å². The van der Waals surface area contributed by atoms with E-state index in [2.05, 4.69) is 5.10 Å². The summed E-state index contributed by atoms with van der Waals surface area (Å²) in [6.07, 6.45) is -1.01. The summed E-state index contributed by atoms with van der Waals surface area (Å²) in [5.74, 6) is 0. The van der Waals surface area contributed by atoms with Crippen LogP contribution in [0.15, 0.2) is 83.8 Å². The highest BCUT2D eigenvalue weighted by Crippen LogP contribution is 2.30. The maximum atomic E-state index is 12.9. The summed E-state index contributed by atoms with van der Waals surface area (Å²) in [4.78, 5) is 11.8. The fourth-order valence-electron chi connectivity index (χ4n) is 3.72. The summed E-state index contributed by atoms with van der Waals surface area (Å²) >= 11 is 0. The van der Waals surface area contributed by atoms with Gasteiger partial charge >= 0.3 is 6.09 Å². The third kappa shape index (κ3) is 4.87. The molecule has 0 aliphatic rings. The Morgan fingerprint density at radius 3 is 2.32 bits per heavy atom. The smallest absolute Gasteiger partial charge is 0.421 e. The molecule has 4 aromatic rings. The number of hydrogen-bond donors (Lipinski definition) is 1. The summed E-state index contributed by atoms with van der Waals surface area (Å²) in [5, 5.41) is 4.64. The molecule has 0 spiro atoms. The predicted octanol–water partition coefficient (Wildman–Crippen LogP) is 5.26. The van der Waals surface area contributed by atoms with Crippen LogP contribution in [0.1, 0.15) is 18.2 Å². The lowest BCUT2D eigenvalue weighted by Gasteiger charge is -2.14. The Morgan fingerprint density at radius 2 is 1.65 bits per heavy atom. The fraction of sp³-hybridized carbons (Fsp3) is 0.154. The van der Waals surface area contributed by atoms with E-state index in [4.69, 9.17) is 4.74 Å². The molecule has 1 heterocycles. The van der Waals surface area contributed by atoms with Crippen LogP contribution in [0.3, 0.4) is 0 Å². The van der Waals surface area contributed by atoms with Gasteiger partial charge in [0.25, 0.3) is 10.0 Å². The summed E-state index contributed by atoms with van der Waals surface area (Å²) < 4.78 is 34.4. The minimum atomic E-state index is -4.12. The molecule has 8 heteroatoms. The van der Waals surface area contributed by atoms with E-state index in [1.54, 1.807) is 19.1 Å².